The summed E-state index contributed by atoms with van der Waals surface area (Å²) < 4.78 is 8.28. The second-order valence-electron chi connectivity index (χ2n) is 0. The van der Waals surface area contributed by atoms with Crippen molar-refractivity contribution in [2.75, 3.05) is 0 Å². The zero-order chi connectivity index (χ0) is 2.00. The molecule has 1 nitrogen and oxygen atoms in total. The van der Waals surface area contributed by atoms with Gasteiger partial charge in [0.2, 0.25) is 10.1 Å². The molecule has 0 aliphatic carbocycles. The van der Waals surface area contributed by atoms with Crippen molar-refractivity contribution in [3.63, 3.8) is 0 Å². The Morgan fingerprint density at radius 2 is 1.25 bits per heavy atom. The van der Waals surface area contributed by atoms with Crippen LogP contribution < -0.4 is 0 Å². The van der Waals surface area contributed by atoms with E-state index in [2.05, 4.69) is 0 Å². The topological polar surface area (TPSA) is 17.1 Å². The second-order valence-corrected chi connectivity index (χ2v) is 0. The summed E-state index contributed by atoms with van der Waals surface area (Å²) in [5.74, 6) is 0. The van der Waals surface area contributed by atoms with Gasteiger partial charge < -0.3 is 4.46 Å². The summed E-state index contributed by atoms with van der Waals surface area (Å²) >= 11 is 0. The van der Waals surface area contributed by atoms with Gasteiger partial charge in [0, 0.05) is 26.2 Å². The SMILES string of the molecule is O=[SiH2].[SrH2].[Zr]. The summed E-state index contributed by atoms with van der Waals surface area (Å²) in [5.41, 5.74) is 0. The first kappa shape index (κ1) is 16.2. The van der Waals surface area contributed by atoms with Gasteiger partial charge in [-0.15, -0.1) is 0 Å². The molecule has 0 saturated carbocycles. The molecule has 0 rings (SSSR count). The first-order valence-electron chi connectivity index (χ1n) is 0.289. The molecule has 0 aromatic rings. The van der Waals surface area contributed by atoms with Crippen LogP contribution >= 0.6 is 0 Å². The maximum Gasteiger partial charge on any atom is 0 e. The minimum absolute atomic E-state index is 0. The molecule has 0 fully saturated rings. The van der Waals surface area contributed by atoms with Gasteiger partial charge in [0.05, 0.1) is 0 Å². The molecule has 4 heavy (non-hydrogen) atoms. The van der Waals surface area contributed by atoms with Gasteiger partial charge in [-0.05, 0) is 0 Å². The zero-order valence-corrected chi connectivity index (χ0v) is 5.49. The zero-order valence-electron chi connectivity index (χ0n) is 1.62. The van der Waals surface area contributed by atoms with Crippen molar-refractivity contribution >= 4 is 55.6 Å². The molecule has 0 aliphatic heterocycles. The molecular formula is H4OSiSrZr. The Morgan fingerprint density at radius 3 is 1.25 bits per heavy atom. The van der Waals surface area contributed by atoms with E-state index < -0.39 is 0 Å². The third-order valence-corrected chi connectivity index (χ3v) is 0. The van der Waals surface area contributed by atoms with Crippen LogP contribution in [0.4, 0.5) is 0 Å². The number of rotatable bonds is 0. The van der Waals surface area contributed by atoms with Crippen LogP contribution in [0, 0.1) is 0 Å². The molecule has 20 valence electrons. The largest absolute Gasteiger partial charge is 0 e. The molecule has 0 N–H and O–H groups in total. The van der Waals surface area contributed by atoms with Crippen LogP contribution in [0.1, 0.15) is 0 Å². The van der Waals surface area contributed by atoms with Crippen molar-refractivity contribution < 1.29 is 30.7 Å². The Balaban J connectivity index is -0.00000000500. The molecule has 0 spiro atoms. The molecule has 0 unspecified atom stereocenters. The third kappa shape index (κ3) is 8.83. The predicted octanol–water partition coefficient (Wildman–Crippen LogP) is -1.95. The van der Waals surface area contributed by atoms with Gasteiger partial charge in [-0.1, -0.05) is 0 Å². The standard InChI is InChI=1S/H2OSi.Sr.Zr.2H/c1-2;;;;/h2H2;;;;. The van der Waals surface area contributed by atoms with E-state index in [1.165, 1.54) is 0 Å². The van der Waals surface area contributed by atoms with E-state index in [-0.39, 0.29) is 71.7 Å². The van der Waals surface area contributed by atoms with Crippen molar-refractivity contribution in [2.45, 2.75) is 0 Å². The molecular weight excluding hydrogens is 223 g/mol. The van der Waals surface area contributed by atoms with Crippen LogP contribution in [-0.2, 0) is 30.7 Å². The van der Waals surface area contributed by atoms with Gasteiger partial charge in [-0.2, -0.15) is 0 Å². The molecule has 0 aromatic carbocycles. The molecule has 0 radical (unpaired) electrons. The molecule has 0 aromatic heterocycles. The van der Waals surface area contributed by atoms with Crippen molar-refractivity contribution in [1.82, 2.24) is 0 Å². The van der Waals surface area contributed by atoms with E-state index >= 15 is 0 Å². The van der Waals surface area contributed by atoms with Crippen molar-refractivity contribution in [3.8, 4) is 0 Å². The van der Waals surface area contributed by atoms with Crippen molar-refractivity contribution in [2.24, 2.45) is 0 Å². The van der Waals surface area contributed by atoms with E-state index in [0.717, 1.165) is 0 Å². The normalized spacial score (nSPS) is 1.00. The van der Waals surface area contributed by atoms with Crippen LogP contribution in [0.15, 0.2) is 0 Å². The minimum Gasteiger partial charge on any atom is 0 e. The Kier molecular flexibility index (Phi) is 73.6. The summed E-state index contributed by atoms with van der Waals surface area (Å²) in [6.07, 6.45) is 0. The van der Waals surface area contributed by atoms with Gasteiger partial charge in [0.15, 0.2) is 0 Å². The molecule has 0 aliphatic rings. The van der Waals surface area contributed by atoms with Crippen molar-refractivity contribution in [1.29, 1.82) is 0 Å². The Labute approximate surface area is 84.4 Å². The van der Waals surface area contributed by atoms with E-state index in [1.807, 2.05) is 0 Å². The Hall–Kier alpha value is 2.38. The third-order valence-electron chi connectivity index (χ3n) is 0. The predicted molar refractivity (Wildman–Crippen MR) is 17.8 cm³/mol. The average Bonchev–Trinajstić information content (AvgIpc) is 1.00. The van der Waals surface area contributed by atoms with Gasteiger partial charge in [-0.3, -0.25) is 0 Å². The molecule has 0 saturated heterocycles. The molecule has 0 heterocycles. The quantitative estimate of drug-likeness (QED) is 0.439. The summed E-state index contributed by atoms with van der Waals surface area (Å²) in [6, 6.07) is 0. The molecule has 0 atom stereocenters. The van der Waals surface area contributed by atoms with E-state index in [4.69, 9.17) is 4.46 Å². The van der Waals surface area contributed by atoms with Gasteiger partial charge in [0.25, 0.3) is 0 Å². The Morgan fingerprint density at radius 1 is 1.25 bits per heavy atom. The molecule has 0 amide bonds. The van der Waals surface area contributed by atoms with Crippen LogP contribution in [0.3, 0.4) is 0 Å². The maximum absolute atomic E-state index is 8.28. The van der Waals surface area contributed by atoms with Crippen LogP contribution in [0.5, 0.6) is 0 Å². The average molecular weight is 227 g/mol. The number of hydrogen-bond acceptors (Lipinski definition) is 1. The second kappa shape index (κ2) is 18.2. The first-order chi connectivity index (χ1) is 1.00. The molecule has 4 heteroatoms. The maximum atomic E-state index is 8.28. The number of hydrogen-bond donors (Lipinski definition) is 0. The van der Waals surface area contributed by atoms with E-state index in [1.54, 1.807) is 0 Å². The molecule has 0 bridgehead atoms. The van der Waals surface area contributed by atoms with Gasteiger partial charge in [-0.25, -0.2) is 0 Å². The monoisotopic (exact) mass is 226 g/mol. The van der Waals surface area contributed by atoms with Gasteiger partial charge in [0.1, 0.15) is 0 Å². The van der Waals surface area contributed by atoms with Crippen molar-refractivity contribution in [3.05, 3.63) is 0 Å². The van der Waals surface area contributed by atoms with E-state index in [0.29, 0.717) is 10.1 Å². The van der Waals surface area contributed by atoms with Crippen LogP contribution in [0.2, 0.25) is 0 Å². The fourth-order valence-corrected chi connectivity index (χ4v) is 0. The van der Waals surface area contributed by atoms with Crippen LogP contribution in [0.25, 0.3) is 0 Å². The smallest absolute Gasteiger partial charge is 0 e. The summed E-state index contributed by atoms with van der Waals surface area (Å²) in [4.78, 5) is 0. The van der Waals surface area contributed by atoms with E-state index in [9.17, 15) is 0 Å². The van der Waals surface area contributed by atoms with Crippen LogP contribution in [-0.4, -0.2) is 55.6 Å². The summed E-state index contributed by atoms with van der Waals surface area (Å²) in [7, 11) is 0.611. The van der Waals surface area contributed by atoms with Gasteiger partial charge >= 0.3 is 45.5 Å². The Bertz CT molecular complexity index is 8.00. The summed E-state index contributed by atoms with van der Waals surface area (Å²) in [6.45, 7) is 0. The minimum atomic E-state index is 0. The first-order valence-corrected chi connectivity index (χ1v) is 0.866. The summed E-state index contributed by atoms with van der Waals surface area (Å²) in [5, 5.41) is 0. The fraction of sp³-hybridized carbons (Fsp3) is 0. The fourth-order valence-electron chi connectivity index (χ4n) is 0.